The van der Waals surface area contributed by atoms with E-state index in [4.69, 9.17) is 17.3 Å². The highest BCUT2D eigenvalue weighted by atomic mass is 32.2. The first-order chi connectivity index (χ1) is 14.3. The molecule has 0 radical (unpaired) electrons. The lowest BCUT2D eigenvalue weighted by Crippen LogP contribution is -2.29. The van der Waals surface area contributed by atoms with Gasteiger partial charge in [-0.05, 0) is 53.8 Å². The summed E-state index contributed by atoms with van der Waals surface area (Å²) in [6.45, 7) is 0.455. The van der Waals surface area contributed by atoms with Gasteiger partial charge in [0.05, 0.1) is 4.91 Å². The van der Waals surface area contributed by atoms with E-state index in [-0.39, 0.29) is 12.3 Å². The van der Waals surface area contributed by atoms with E-state index in [9.17, 15) is 18.4 Å². The zero-order valence-corrected chi connectivity index (χ0v) is 17.6. The maximum Gasteiger partial charge on any atom is 0.303 e. The summed E-state index contributed by atoms with van der Waals surface area (Å²) in [5, 5.41) is 8.67. The van der Waals surface area contributed by atoms with Crippen molar-refractivity contribution < 1.29 is 23.5 Å². The molecule has 0 spiro atoms. The zero-order valence-electron chi connectivity index (χ0n) is 15.9. The molecule has 0 atom stereocenters. The summed E-state index contributed by atoms with van der Waals surface area (Å²) in [7, 11) is 0. The van der Waals surface area contributed by atoms with Gasteiger partial charge >= 0.3 is 5.97 Å². The van der Waals surface area contributed by atoms with Gasteiger partial charge in [0.1, 0.15) is 4.32 Å². The lowest BCUT2D eigenvalue weighted by atomic mass is 10.0. The number of amides is 1. The van der Waals surface area contributed by atoms with E-state index < -0.39 is 17.6 Å². The summed E-state index contributed by atoms with van der Waals surface area (Å²) >= 11 is 6.53. The first-order valence-corrected chi connectivity index (χ1v) is 10.6. The van der Waals surface area contributed by atoms with E-state index in [2.05, 4.69) is 0 Å². The number of thioether (sulfide) groups is 1. The van der Waals surface area contributed by atoms with E-state index in [1.54, 1.807) is 24.3 Å². The molecule has 1 N–H and O–H groups in total. The number of unbranched alkanes of at least 4 members (excludes halogenated alkanes) is 2. The highest BCUT2D eigenvalue weighted by Gasteiger charge is 2.31. The number of halogens is 2. The molecule has 0 aliphatic carbocycles. The van der Waals surface area contributed by atoms with Crippen LogP contribution in [0.2, 0.25) is 0 Å². The van der Waals surface area contributed by atoms with E-state index in [0.717, 1.165) is 17.7 Å². The molecule has 2 aromatic carbocycles. The standard InChI is InChI=1S/C22H19F2NO3S2/c23-17-9-8-16(13-18(17)24)15-6-4-5-14(11-15)12-19-21(28)25(22(29)30-19)10-3-1-2-7-20(26)27/h4-6,8-9,11-13H,1-3,7,10H2,(H,26,27)/b19-12-. The van der Waals surface area contributed by atoms with Gasteiger partial charge in [0.25, 0.3) is 5.91 Å². The van der Waals surface area contributed by atoms with E-state index in [1.807, 2.05) is 6.07 Å². The summed E-state index contributed by atoms with van der Waals surface area (Å²) < 4.78 is 27.2. The molecule has 1 fully saturated rings. The molecule has 0 aromatic heterocycles. The van der Waals surface area contributed by atoms with Gasteiger partial charge in [0.15, 0.2) is 11.6 Å². The SMILES string of the molecule is O=C(O)CCCCCN1C(=O)/C(=C/c2cccc(-c3ccc(F)c(F)c3)c2)SC1=S. The highest BCUT2D eigenvalue weighted by molar-refractivity contribution is 8.26. The number of aliphatic carboxylic acids is 1. The fraction of sp³-hybridized carbons (Fsp3) is 0.227. The van der Waals surface area contributed by atoms with Crippen molar-refractivity contribution in [3.8, 4) is 11.1 Å². The fourth-order valence-corrected chi connectivity index (χ4v) is 4.36. The third-order valence-corrected chi connectivity index (χ3v) is 5.96. The number of carbonyl (C=O) groups is 2. The van der Waals surface area contributed by atoms with Crippen LogP contribution in [-0.2, 0) is 9.59 Å². The average Bonchev–Trinajstić information content (AvgIpc) is 2.97. The second-order valence-electron chi connectivity index (χ2n) is 6.79. The summed E-state index contributed by atoms with van der Waals surface area (Å²) in [5.74, 6) is -2.82. The second kappa shape index (κ2) is 9.95. The van der Waals surface area contributed by atoms with Gasteiger partial charge in [-0.1, -0.05) is 54.7 Å². The van der Waals surface area contributed by atoms with Crippen molar-refractivity contribution in [3.63, 3.8) is 0 Å². The minimum atomic E-state index is -0.915. The molecule has 156 valence electrons. The van der Waals surface area contributed by atoms with Crippen LogP contribution in [0.3, 0.4) is 0 Å². The molecular weight excluding hydrogens is 428 g/mol. The van der Waals surface area contributed by atoms with Crippen molar-refractivity contribution in [3.05, 3.63) is 64.6 Å². The van der Waals surface area contributed by atoms with Crippen molar-refractivity contribution in [1.82, 2.24) is 4.90 Å². The normalized spacial score (nSPS) is 15.3. The van der Waals surface area contributed by atoms with Gasteiger partial charge in [-0.2, -0.15) is 0 Å². The van der Waals surface area contributed by atoms with Gasteiger partial charge in [0, 0.05) is 13.0 Å². The highest BCUT2D eigenvalue weighted by Crippen LogP contribution is 2.33. The quantitative estimate of drug-likeness (QED) is 0.330. The Morgan fingerprint density at radius 3 is 2.57 bits per heavy atom. The number of hydrogen-bond donors (Lipinski definition) is 1. The molecular formula is C22H19F2NO3S2. The van der Waals surface area contributed by atoms with Crippen LogP contribution in [-0.4, -0.2) is 32.7 Å². The Labute approximate surface area is 182 Å². The van der Waals surface area contributed by atoms with E-state index in [1.165, 1.54) is 22.7 Å². The number of thiocarbonyl (C=S) groups is 1. The molecule has 1 saturated heterocycles. The molecule has 8 heteroatoms. The van der Waals surface area contributed by atoms with Gasteiger partial charge in [-0.25, -0.2) is 8.78 Å². The van der Waals surface area contributed by atoms with Crippen molar-refractivity contribution in [2.24, 2.45) is 0 Å². The molecule has 1 aliphatic rings. The number of carbonyl (C=O) groups excluding carboxylic acids is 1. The third kappa shape index (κ3) is 5.52. The first-order valence-electron chi connectivity index (χ1n) is 9.38. The second-order valence-corrected chi connectivity index (χ2v) is 8.47. The minimum absolute atomic E-state index is 0.118. The molecule has 4 nitrogen and oxygen atoms in total. The predicted octanol–water partition coefficient (Wildman–Crippen LogP) is 5.48. The van der Waals surface area contributed by atoms with Crippen molar-refractivity contribution in [1.29, 1.82) is 0 Å². The number of benzene rings is 2. The van der Waals surface area contributed by atoms with Crippen molar-refractivity contribution in [2.75, 3.05) is 6.54 Å². The van der Waals surface area contributed by atoms with Crippen LogP contribution in [0.1, 0.15) is 31.2 Å². The van der Waals surface area contributed by atoms with Crippen LogP contribution in [0.5, 0.6) is 0 Å². The number of nitrogens with zero attached hydrogens (tertiary/aromatic N) is 1. The van der Waals surface area contributed by atoms with Crippen LogP contribution < -0.4 is 0 Å². The van der Waals surface area contributed by atoms with Gasteiger partial charge in [-0.3, -0.25) is 14.5 Å². The molecule has 0 unspecified atom stereocenters. The fourth-order valence-electron chi connectivity index (χ4n) is 3.05. The van der Waals surface area contributed by atoms with Crippen LogP contribution in [0.15, 0.2) is 47.4 Å². The van der Waals surface area contributed by atoms with Gasteiger partial charge < -0.3 is 5.11 Å². The molecule has 30 heavy (non-hydrogen) atoms. The van der Waals surface area contributed by atoms with Gasteiger partial charge in [0.2, 0.25) is 0 Å². The average molecular weight is 448 g/mol. The maximum atomic E-state index is 13.5. The Morgan fingerprint density at radius 1 is 1.07 bits per heavy atom. The van der Waals surface area contributed by atoms with Crippen LogP contribution in [0.25, 0.3) is 17.2 Å². The molecule has 0 saturated carbocycles. The van der Waals surface area contributed by atoms with Gasteiger partial charge in [-0.15, -0.1) is 0 Å². The molecule has 1 aliphatic heterocycles. The van der Waals surface area contributed by atoms with Crippen LogP contribution in [0, 0.1) is 11.6 Å². The summed E-state index contributed by atoms with van der Waals surface area (Å²) in [6, 6.07) is 10.9. The topological polar surface area (TPSA) is 57.6 Å². The van der Waals surface area contributed by atoms with Crippen LogP contribution >= 0.6 is 24.0 Å². The summed E-state index contributed by atoms with van der Waals surface area (Å²) in [4.78, 5) is 25.3. The van der Waals surface area contributed by atoms with Crippen molar-refractivity contribution in [2.45, 2.75) is 25.7 Å². The number of carboxylic acids is 1. The monoisotopic (exact) mass is 447 g/mol. The number of carboxylic acid groups (broad SMARTS) is 1. The summed E-state index contributed by atoms with van der Waals surface area (Å²) in [5.41, 5.74) is 1.99. The Kier molecular flexibility index (Phi) is 7.33. The third-order valence-electron chi connectivity index (χ3n) is 4.58. The number of hydrogen-bond acceptors (Lipinski definition) is 4. The van der Waals surface area contributed by atoms with Crippen molar-refractivity contribution >= 4 is 46.3 Å². The Balaban J connectivity index is 1.69. The Bertz CT molecular complexity index is 1020. The molecule has 2 aromatic rings. The predicted molar refractivity (Wildman–Crippen MR) is 118 cm³/mol. The zero-order chi connectivity index (χ0) is 21.7. The Hall–Kier alpha value is -2.58. The molecule has 0 bridgehead atoms. The molecule has 3 rings (SSSR count). The van der Waals surface area contributed by atoms with Crippen LogP contribution in [0.4, 0.5) is 8.78 Å². The molecule has 1 heterocycles. The largest absolute Gasteiger partial charge is 0.481 e. The first kappa shape index (κ1) is 22.1. The van der Waals surface area contributed by atoms with E-state index in [0.29, 0.717) is 46.2 Å². The lowest BCUT2D eigenvalue weighted by molar-refractivity contribution is -0.137. The maximum absolute atomic E-state index is 13.5. The summed E-state index contributed by atoms with van der Waals surface area (Å²) in [6.07, 6.45) is 3.80. The Morgan fingerprint density at radius 2 is 1.83 bits per heavy atom. The smallest absolute Gasteiger partial charge is 0.303 e. The van der Waals surface area contributed by atoms with E-state index >= 15 is 0 Å². The lowest BCUT2D eigenvalue weighted by Gasteiger charge is -2.13. The molecule has 1 amide bonds. The minimum Gasteiger partial charge on any atom is -0.481 e. The number of rotatable bonds is 8.